The molecule has 0 saturated heterocycles. The Bertz CT molecular complexity index is 689. The first kappa shape index (κ1) is 15.2. The summed E-state index contributed by atoms with van der Waals surface area (Å²) in [6.07, 6.45) is 0. The normalized spacial score (nSPS) is 10.2. The number of halogens is 1. The van der Waals surface area contributed by atoms with E-state index in [0.29, 0.717) is 9.75 Å². The summed E-state index contributed by atoms with van der Waals surface area (Å²) in [5.74, 6) is 4.63. The molecule has 0 atom stereocenters. The van der Waals surface area contributed by atoms with Crippen LogP contribution >= 0.6 is 22.9 Å². The highest BCUT2D eigenvalue weighted by atomic mass is 35.5. The quantitative estimate of drug-likeness (QED) is 0.379. The molecule has 0 saturated carbocycles. The largest absolute Gasteiger partial charge is 0.480 e. The Morgan fingerprint density at radius 3 is 2.86 bits per heavy atom. The minimum absolute atomic E-state index is 0.00222. The Labute approximate surface area is 128 Å². The van der Waals surface area contributed by atoms with E-state index >= 15 is 0 Å². The van der Waals surface area contributed by atoms with Crippen LogP contribution in [0.25, 0.3) is 0 Å². The van der Waals surface area contributed by atoms with E-state index in [0.717, 1.165) is 0 Å². The molecule has 1 amide bonds. The minimum atomic E-state index is -0.567. The maximum Gasteiger partial charge on any atom is 0.312 e. The van der Waals surface area contributed by atoms with Crippen molar-refractivity contribution in [2.24, 2.45) is 5.84 Å². The number of amides is 1. The number of thiophene rings is 1. The van der Waals surface area contributed by atoms with Gasteiger partial charge in [0.2, 0.25) is 5.75 Å². The molecule has 1 aromatic heterocycles. The number of rotatable bonds is 5. The van der Waals surface area contributed by atoms with Gasteiger partial charge in [0, 0.05) is 10.9 Å². The van der Waals surface area contributed by atoms with Crippen LogP contribution in [-0.2, 0) is 6.61 Å². The monoisotopic (exact) mass is 327 g/mol. The number of carbonyl (C=O) groups excluding carboxylic acids is 1. The van der Waals surface area contributed by atoms with Crippen molar-refractivity contribution in [3.05, 3.63) is 55.2 Å². The summed E-state index contributed by atoms with van der Waals surface area (Å²) in [6, 6.07) is 7.56. The zero-order valence-electron chi connectivity index (χ0n) is 10.5. The Morgan fingerprint density at radius 1 is 1.43 bits per heavy atom. The van der Waals surface area contributed by atoms with Gasteiger partial charge in [0.15, 0.2) is 0 Å². The lowest BCUT2D eigenvalue weighted by atomic mass is 10.3. The second kappa shape index (κ2) is 6.53. The van der Waals surface area contributed by atoms with E-state index in [1.54, 1.807) is 12.1 Å². The second-order valence-corrected chi connectivity index (χ2v) is 5.45. The summed E-state index contributed by atoms with van der Waals surface area (Å²) in [6.45, 7) is 0.0626. The van der Waals surface area contributed by atoms with Crippen LogP contribution in [0.4, 0.5) is 5.69 Å². The van der Waals surface area contributed by atoms with Crippen molar-refractivity contribution in [1.29, 1.82) is 0 Å². The molecule has 1 aromatic carbocycles. The average Bonchev–Trinajstić information content (AvgIpc) is 2.93. The third-order valence-electron chi connectivity index (χ3n) is 2.52. The smallest absolute Gasteiger partial charge is 0.312 e. The molecule has 0 fully saturated rings. The summed E-state index contributed by atoms with van der Waals surface area (Å²) >= 11 is 7.09. The maximum absolute atomic E-state index is 11.3. The highest BCUT2D eigenvalue weighted by Crippen LogP contribution is 2.35. The van der Waals surface area contributed by atoms with E-state index in [-0.39, 0.29) is 23.1 Å². The fourth-order valence-electron chi connectivity index (χ4n) is 1.58. The van der Waals surface area contributed by atoms with Crippen molar-refractivity contribution in [1.82, 2.24) is 5.43 Å². The van der Waals surface area contributed by atoms with Crippen LogP contribution in [0.5, 0.6) is 5.75 Å². The van der Waals surface area contributed by atoms with E-state index in [1.807, 2.05) is 5.43 Å². The predicted molar refractivity (Wildman–Crippen MR) is 78.4 cm³/mol. The van der Waals surface area contributed by atoms with Crippen molar-refractivity contribution in [3.63, 3.8) is 0 Å². The molecule has 0 aliphatic rings. The highest BCUT2D eigenvalue weighted by Gasteiger charge is 2.18. The molecule has 3 N–H and O–H groups in total. The Kier molecular flexibility index (Phi) is 4.73. The third kappa shape index (κ3) is 3.48. The van der Waals surface area contributed by atoms with E-state index in [4.69, 9.17) is 22.2 Å². The number of hydrogen-bond acceptors (Lipinski definition) is 6. The van der Waals surface area contributed by atoms with Gasteiger partial charge in [0.25, 0.3) is 5.91 Å². The van der Waals surface area contributed by atoms with Crippen LogP contribution in [-0.4, -0.2) is 10.8 Å². The SMILES string of the molecule is NNC(=O)c1ccc(COc2c(Cl)cccc2[N+](=O)[O-])s1. The van der Waals surface area contributed by atoms with Crippen molar-refractivity contribution in [2.45, 2.75) is 6.61 Å². The van der Waals surface area contributed by atoms with Crippen molar-refractivity contribution < 1.29 is 14.5 Å². The summed E-state index contributed by atoms with van der Waals surface area (Å²) in [4.78, 5) is 22.8. The number of para-hydroxylation sites is 1. The topological polar surface area (TPSA) is 107 Å². The van der Waals surface area contributed by atoms with Crippen molar-refractivity contribution >= 4 is 34.5 Å². The number of nitro groups is 1. The van der Waals surface area contributed by atoms with Gasteiger partial charge in [-0.2, -0.15) is 0 Å². The van der Waals surface area contributed by atoms with Crippen LogP contribution < -0.4 is 16.0 Å². The first-order valence-electron chi connectivity index (χ1n) is 5.68. The minimum Gasteiger partial charge on any atom is -0.480 e. The van der Waals surface area contributed by atoms with Crippen molar-refractivity contribution in [2.75, 3.05) is 0 Å². The Balaban J connectivity index is 2.15. The first-order valence-corrected chi connectivity index (χ1v) is 6.87. The number of nitrogens with zero attached hydrogens (tertiary/aromatic N) is 1. The lowest BCUT2D eigenvalue weighted by Gasteiger charge is -2.07. The van der Waals surface area contributed by atoms with Crippen LogP contribution in [0.2, 0.25) is 5.02 Å². The molecule has 21 heavy (non-hydrogen) atoms. The average molecular weight is 328 g/mol. The van der Waals surface area contributed by atoms with Gasteiger partial charge in [-0.15, -0.1) is 11.3 Å². The number of ether oxygens (including phenoxy) is 1. The molecular formula is C12H10ClN3O4S. The highest BCUT2D eigenvalue weighted by molar-refractivity contribution is 7.14. The van der Waals surface area contributed by atoms with E-state index in [9.17, 15) is 14.9 Å². The van der Waals surface area contributed by atoms with Gasteiger partial charge in [-0.25, -0.2) is 5.84 Å². The number of nitrogens with two attached hydrogens (primary N) is 1. The molecule has 0 aliphatic heterocycles. The Hall–Kier alpha value is -2.16. The molecule has 0 aliphatic carbocycles. The van der Waals surface area contributed by atoms with Gasteiger partial charge in [0.1, 0.15) is 6.61 Å². The number of nitrogens with one attached hydrogen (secondary N) is 1. The van der Waals surface area contributed by atoms with Crippen molar-refractivity contribution in [3.8, 4) is 5.75 Å². The van der Waals surface area contributed by atoms with Gasteiger partial charge in [-0.05, 0) is 18.2 Å². The fraction of sp³-hybridized carbons (Fsp3) is 0.0833. The zero-order valence-corrected chi connectivity index (χ0v) is 12.1. The predicted octanol–water partition coefficient (Wildman–Crippen LogP) is 2.49. The number of carbonyl (C=O) groups is 1. The lowest BCUT2D eigenvalue weighted by Crippen LogP contribution is -2.29. The van der Waals surface area contributed by atoms with Crippen LogP contribution in [0.1, 0.15) is 14.5 Å². The van der Waals surface area contributed by atoms with Gasteiger partial charge >= 0.3 is 5.69 Å². The third-order valence-corrected chi connectivity index (χ3v) is 3.87. The van der Waals surface area contributed by atoms with Gasteiger partial charge < -0.3 is 4.74 Å². The van der Waals surface area contributed by atoms with Gasteiger partial charge in [-0.3, -0.25) is 20.3 Å². The van der Waals surface area contributed by atoms with Gasteiger partial charge in [0.05, 0.1) is 14.8 Å². The van der Waals surface area contributed by atoms with Crippen LogP contribution in [0.15, 0.2) is 30.3 Å². The lowest BCUT2D eigenvalue weighted by molar-refractivity contribution is -0.385. The molecule has 9 heteroatoms. The zero-order chi connectivity index (χ0) is 15.4. The number of hydrazine groups is 1. The Morgan fingerprint density at radius 2 is 2.19 bits per heavy atom. The molecule has 2 rings (SSSR count). The molecular weight excluding hydrogens is 318 g/mol. The molecule has 110 valence electrons. The molecule has 0 spiro atoms. The molecule has 0 unspecified atom stereocenters. The summed E-state index contributed by atoms with van der Waals surface area (Å²) in [5.41, 5.74) is 1.81. The molecule has 2 aromatic rings. The second-order valence-electron chi connectivity index (χ2n) is 3.87. The number of nitro benzene ring substituents is 1. The van der Waals surface area contributed by atoms with Crippen LogP contribution in [0, 0.1) is 10.1 Å². The van der Waals surface area contributed by atoms with E-state index in [1.165, 1.54) is 29.5 Å². The maximum atomic E-state index is 11.3. The molecule has 7 nitrogen and oxygen atoms in total. The van der Waals surface area contributed by atoms with E-state index in [2.05, 4.69) is 0 Å². The summed E-state index contributed by atoms with van der Waals surface area (Å²) in [5, 5.41) is 11.1. The van der Waals surface area contributed by atoms with Crippen LogP contribution in [0.3, 0.4) is 0 Å². The summed E-state index contributed by atoms with van der Waals surface area (Å²) < 4.78 is 5.42. The van der Waals surface area contributed by atoms with E-state index < -0.39 is 10.8 Å². The first-order chi connectivity index (χ1) is 10.0. The number of benzene rings is 1. The molecule has 0 bridgehead atoms. The molecule has 0 radical (unpaired) electrons. The number of hydrogen-bond donors (Lipinski definition) is 2. The summed E-state index contributed by atoms with van der Waals surface area (Å²) in [7, 11) is 0. The standard InChI is InChI=1S/C12H10ClN3O4S/c13-8-2-1-3-9(16(18)19)11(8)20-6-7-4-5-10(21-7)12(17)15-14/h1-5H,6,14H2,(H,15,17). The van der Waals surface area contributed by atoms with Gasteiger partial charge in [-0.1, -0.05) is 17.7 Å². The molecule has 1 heterocycles. The fourth-order valence-corrected chi connectivity index (χ4v) is 2.62. The number of nitrogen functional groups attached to an aromatic ring is 1.